The van der Waals surface area contributed by atoms with Gasteiger partial charge in [0.1, 0.15) is 5.78 Å². The van der Waals surface area contributed by atoms with Gasteiger partial charge in [0.25, 0.3) is 5.91 Å². The Labute approximate surface area is 113 Å². The number of piperidine rings is 1. The van der Waals surface area contributed by atoms with Crippen molar-refractivity contribution in [3.8, 4) is 0 Å². The molecule has 1 aromatic heterocycles. The summed E-state index contributed by atoms with van der Waals surface area (Å²) in [4.78, 5) is 25.8. The number of likely N-dealkylation sites (tertiary alicyclic amines) is 1. The second kappa shape index (κ2) is 5.47. The highest BCUT2D eigenvalue weighted by atomic mass is 16.2. The monoisotopic (exact) mass is 261 g/mol. The van der Waals surface area contributed by atoms with Gasteiger partial charge < -0.3 is 4.90 Å². The Balaban J connectivity index is 2.24. The van der Waals surface area contributed by atoms with Crippen molar-refractivity contribution in [1.29, 1.82) is 0 Å². The summed E-state index contributed by atoms with van der Waals surface area (Å²) in [7, 11) is 0. The van der Waals surface area contributed by atoms with Gasteiger partial charge >= 0.3 is 0 Å². The fourth-order valence-corrected chi connectivity index (χ4v) is 2.33. The van der Waals surface area contributed by atoms with Crippen molar-refractivity contribution in [3.63, 3.8) is 0 Å². The zero-order valence-corrected chi connectivity index (χ0v) is 11.6. The van der Waals surface area contributed by atoms with Crippen LogP contribution in [0.15, 0.2) is 6.07 Å². The Bertz CT molecular complexity index is 513. The first-order chi connectivity index (χ1) is 9.02. The lowest BCUT2D eigenvalue weighted by molar-refractivity contribution is -0.124. The van der Waals surface area contributed by atoms with Crippen LogP contribution >= 0.6 is 0 Å². The number of carbonyl (C=O) groups is 2. The lowest BCUT2D eigenvalue weighted by atomic mass is 9.97. The van der Waals surface area contributed by atoms with Gasteiger partial charge in [0.2, 0.25) is 0 Å². The molecule has 1 aliphatic heterocycles. The summed E-state index contributed by atoms with van der Waals surface area (Å²) >= 11 is 0. The SMILES string of the molecule is CCc1nnc(C)cc1C(=O)N1CCC(=O)C(C)C1. The molecule has 2 rings (SSSR count). The minimum Gasteiger partial charge on any atom is -0.337 e. The molecular weight excluding hydrogens is 242 g/mol. The summed E-state index contributed by atoms with van der Waals surface area (Å²) in [6.07, 6.45) is 1.13. The third-order valence-corrected chi connectivity index (χ3v) is 3.52. The van der Waals surface area contributed by atoms with Crippen LogP contribution in [-0.4, -0.2) is 39.9 Å². The maximum atomic E-state index is 12.5. The number of carbonyl (C=O) groups excluding carboxylic acids is 2. The van der Waals surface area contributed by atoms with E-state index in [0.717, 1.165) is 11.4 Å². The lowest BCUT2D eigenvalue weighted by Crippen LogP contribution is -2.43. The van der Waals surface area contributed by atoms with Crippen LogP contribution in [0.3, 0.4) is 0 Å². The highest BCUT2D eigenvalue weighted by Gasteiger charge is 2.28. The zero-order valence-electron chi connectivity index (χ0n) is 11.6. The van der Waals surface area contributed by atoms with E-state index in [9.17, 15) is 9.59 Å². The van der Waals surface area contributed by atoms with E-state index in [2.05, 4.69) is 10.2 Å². The highest BCUT2D eigenvalue weighted by molar-refractivity contribution is 5.96. The molecule has 0 bridgehead atoms. The number of hydrogen-bond acceptors (Lipinski definition) is 4. The molecular formula is C14H19N3O2. The number of Topliss-reactive ketones (excluding diaryl/α,β-unsaturated/α-hetero) is 1. The van der Waals surface area contributed by atoms with Gasteiger partial charge in [-0.05, 0) is 19.4 Å². The average molecular weight is 261 g/mol. The molecule has 5 heteroatoms. The summed E-state index contributed by atoms with van der Waals surface area (Å²) in [5.41, 5.74) is 2.08. The first-order valence-electron chi connectivity index (χ1n) is 6.68. The predicted molar refractivity (Wildman–Crippen MR) is 70.8 cm³/mol. The fourth-order valence-electron chi connectivity index (χ4n) is 2.33. The van der Waals surface area contributed by atoms with Gasteiger partial charge in [0.05, 0.1) is 17.0 Å². The van der Waals surface area contributed by atoms with Crippen LogP contribution in [0.25, 0.3) is 0 Å². The molecule has 0 aliphatic carbocycles. The molecule has 0 radical (unpaired) electrons. The number of ketones is 1. The van der Waals surface area contributed by atoms with Gasteiger partial charge in [-0.1, -0.05) is 13.8 Å². The molecule has 1 fully saturated rings. The van der Waals surface area contributed by atoms with Gasteiger partial charge in [0, 0.05) is 25.4 Å². The number of hydrogen-bond donors (Lipinski definition) is 0. The van der Waals surface area contributed by atoms with Crippen molar-refractivity contribution in [3.05, 3.63) is 23.0 Å². The Morgan fingerprint density at radius 1 is 1.47 bits per heavy atom. The molecule has 1 atom stereocenters. The Morgan fingerprint density at radius 3 is 2.84 bits per heavy atom. The van der Waals surface area contributed by atoms with Gasteiger partial charge in [-0.25, -0.2) is 0 Å². The van der Waals surface area contributed by atoms with E-state index < -0.39 is 0 Å². The summed E-state index contributed by atoms with van der Waals surface area (Å²) in [5.74, 6) is 0.136. The van der Waals surface area contributed by atoms with Gasteiger partial charge in [-0.3, -0.25) is 9.59 Å². The quantitative estimate of drug-likeness (QED) is 0.807. The molecule has 19 heavy (non-hydrogen) atoms. The number of aromatic nitrogens is 2. The smallest absolute Gasteiger partial charge is 0.255 e. The van der Waals surface area contributed by atoms with E-state index >= 15 is 0 Å². The van der Waals surface area contributed by atoms with Crippen LogP contribution in [-0.2, 0) is 11.2 Å². The summed E-state index contributed by atoms with van der Waals surface area (Å²) in [6, 6.07) is 1.79. The van der Waals surface area contributed by atoms with E-state index in [-0.39, 0.29) is 17.6 Å². The third kappa shape index (κ3) is 2.80. The first kappa shape index (κ1) is 13.6. The minimum absolute atomic E-state index is 0.0331. The molecule has 0 N–H and O–H groups in total. The summed E-state index contributed by atoms with van der Waals surface area (Å²) in [6.45, 7) is 6.66. The molecule has 1 saturated heterocycles. The maximum Gasteiger partial charge on any atom is 0.255 e. The molecule has 102 valence electrons. The Hall–Kier alpha value is -1.78. The van der Waals surface area contributed by atoms with E-state index in [0.29, 0.717) is 31.5 Å². The normalized spacial score (nSPS) is 19.6. The molecule has 5 nitrogen and oxygen atoms in total. The van der Waals surface area contributed by atoms with Crippen molar-refractivity contribution in [2.24, 2.45) is 5.92 Å². The van der Waals surface area contributed by atoms with Crippen LogP contribution in [0.1, 0.15) is 42.0 Å². The van der Waals surface area contributed by atoms with Crippen molar-refractivity contribution >= 4 is 11.7 Å². The predicted octanol–water partition coefficient (Wildman–Crippen LogP) is 1.40. The molecule has 1 unspecified atom stereocenters. The first-order valence-corrected chi connectivity index (χ1v) is 6.68. The summed E-state index contributed by atoms with van der Waals surface area (Å²) < 4.78 is 0. The molecule has 1 aromatic rings. The topological polar surface area (TPSA) is 63.2 Å². The second-order valence-electron chi connectivity index (χ2n) is 5.07. The number of nitrogens with zero attached hydrogens (tertiary/aromatic N) is 3. The third-order valence-electron chi connectivity index (χ3n) is 3.52. The van der Waals surface area contributed by atoms with Crippen LogP contribution in [0.2, 0.25) is 0 Å². The maximum absolute atomic E-state index is 12.5. The minimum atomic E-state index is -0.0707. The van der Waals surface area contributed by atoms with Gasteiger partial charge in [0.15, 0.2) is 0 Å². The summed E-state index contributed by atoms with van der Waals surface area (Å²) in [5, 5.41) is 8.07. The fraction of sp³-hybridized carbons (Fsp3) is 0.571. The standard InChI is InChI=1S/C14H19N3O2/c1-4-12-11(7-10(3)15-16-12)14(19)17-6-5-13(18)9(2)8-17/h7,9H,4-6,8H2,1-3H3. The van der Waals surface area contributed by atoms with Gasteiger partial charge in [-0.15, -0.1) is 0 Å². The van der Waals surface area contributed by atoms with Crippen molar-refractivity contribution < 1.29 is 9.59 Å². The van der Waals surface area contributed by atoms with E-state index in [1.807, 2.05) is 20.8 Å². The molecule has 2 heterocycles. The van der Waals surface area contributed by atoms with E-state index in [4.69, 9.17) is 0 Å². The molecule has 0 saturated carbocycles. The van der Waals surface area contributed by atoms with E-state index in [1.54, 1.807) is 11.0 Å². The van der Waals surface area contributed by atoms with Crippen LogP contribution in [0.5, 0.6) is 0 Å². The van der Waals surface area contributed by atoms with Crippen molar-refractivity contribution in [2.45, 2.75) is 33.6 Å². The lowest BCUT2D eigenvalue weighted by Gasteiger charge is -2.30. The van der Waals surface area contributed by atoms with Crippen LogP contribution in [0.4, 0.5) is 0 Å². The van der Waals surface area contributed by atoms with Gasteiger partial charge in [-0.2, -0.15) is 10.2 Å². The highest BCUT2D eigenvalue weighted by Crippen LogP contribution is 2.17. The molecule has 0 aromatic carbocycles. The van der Waals surface area contributed by atoms with E-state index in [1.165, 1.54) is 0 Å². The number of aryl methyl sites for hydroxylation is 2. The molecule has 1 aliphatic rings. The van der Waals surface area contributed by atoms with Crippen LogP contribution < -0.4 is 0 Å². The molecule has 1 amide bonds. The molecule has 0 spiro atoms. The largest absolute Gasteiger partial charge is 0.337 e. The van der Waals surface area contributed by atoms with Crippen LogP contribution in [0, 0.1) is 12.8 Å². The zero-order chi connectivity index (χ0) is 14.0. The van der Waals surface area contributed by atoms with Crippen molar-refractivity contribution in [1.82, 2.24) is 15.1 Å². The Morgan fingerprint density at radius 2 is 2.21 bits per heavy atom. The van der Waals surface area contributed by atoms with Crippen molar-refractivity contribution in [2.75, 3.05) is 13.1 Å². The Kier molecular flexibility index (Phi) is 3.93. The number of rotatable bonds is 2. The second-order valence-corrected chi connectivity index (χ2v) is 5.07. The number of amides is 1. The average Bonchev–Trinajstić information content (AvgIpc) is 2.41.